The van der Waals surface area contributed by atoms with Crippen LogP contribution < -0.4 is 5.32 Å². The summed E-state index contributed by atoms with van der Waals surface area (Å²) in [5, 5.41) is 3.01. The zero-order valence-corrected chi connectivity index (χ0v) is 16.6. The van der Waals surface area contributed by atoms with Gasteiger partial charge in [-0.3, -0.25) is 14.6 Å². The van der Waals surface area contributed by atoms with E-state index in [1.54, 1.807) is 6.92 Å². The molecule has 2 amide bonds. The van der Waals surface area contributed by atoms with Crippen LogP contribution in [0.4, 0.5) is 17.6 Å². The van der Waals surface area contributed by atoms with E-state index in [9.17, 15) is 27.2 Å². The number of halogens is 4. The molecule has 2 aliphatic rings. The number of nitrogens with zero attached hydrogens (tertiary/aromatic N) is 2. The SMILES string of the molecule is CC[C@H](NC(=O)c1cc2cc(C(C)(F)F)ncc2[nH]1)C(=O)N1CC[C@@]2(C1)CC2(F)F.[HH].[HH]. The second kappa shape index (κ2) is 6.68. The van der Waals surface area contributed by atoms with E-state index in [-0.39, 0.29) is 34.5 Å². The van der Waals surface area contributed by atoms with Gasteiger partial charge in [0.05, 0.1) is 17.1 Å². The lowest BCUT2D eigenvalue weighted by atomic mass is 10.1. The van der Waals surface area contributed by atoms with Gasteiger partial charge in [0.15, 0.2) is 0 Å². The normalized spacial score (nSPS) is 23.7. The van der Waals surface area contributed by atoms with E-state index in [0.29, 0.717) is 17.3 Å². The Bertz CT molecular complexity index is 1030. The van der Waals surface area contributed by atoms with Crippen molar-refractivity contribution in [1.82, 2.24) is 20.2 Å². The van der Waals surface area contributed by atoms with Crippen molar-refractivity contribution in [1.29, 1.82) is 0 Å². The van der Waals surface area contributed by atoms with Gasteiger partial charge in [-0.15, -0.1) is 0 Å². The summed E-state index contributed by atoms with van der Waals surface area (Å²) in [7, 11) is 0. The van der Waals surface area contributed by atoms with Crippen molar-refractivity contribution in [3.8, 4) is 0 Å². The minimum Gasteiger partial charge on any atom is -0.349 e. The Kier molecular flexibility index (Phi) is 4.59. The number of hydrogen-bond acceptors (Lipinski definition) is 3. The summed E-state index contributed by atoms with van der Waals surface area (Å²) >= 11 is 0. The maximum atomic E-state index is 13.6. The van der Waals surface area contributed by atoms with E-state index in [1.807, 2.05) is 0 Å². The number of likely N-dealkylation sites (tertiary alicyclic amines) is 1. The molecule has 166 valence electrons. The Morgan fingerprint density at radius 3 is 2.67 bits per heavy atom. The second-order valence-corrected chi connectivity index (χ2v) is 8.33. The second-order valence-electron chi connectivity index (χ2n) is 8.33. The highest BCUT2D eigenvalue weighted by Crippen LogP contribution is 2.65. The fourth-order valence-electron chi connectivity index (χ4n) is 4.07. The van der Waals surface area contributed by atoms with E-state index in [1.165, 1.54) is 23.2 Å². The molecule has 10 heteroatoms. The largest absolute Gasteiger partial charge is 0.349 e. The van der Waals surface area contributed by atoms with Crippen molar-refractivity contribution >= 4 is 22.7 Å². The molecule has 6 nitrogen and oxygen atoms in total. The molecule has 1 saturated carbocycles. The number of nitrogens with one attached hydrogen (secondary N) is 2. The lowest BCUT2D eigenvalue weighted by molar-refractivity contribution is -0.132. The number of aromatic amines is 1. The summed E-state index contributed by atoms with van der Waals surface area (Å²) in [4.78, 5) is 33.3. The number of fused-ring (bicyclic) bond motifs is 1. The van der Waals surface area contributed by atoms with Gasteiger partial charge in [0.1, 0.15) is 17.4 Å². The van der Waals surface area contributed by atoms with Crippen LogP contribution in [0.3, 0.4) is 0 Å². The highest BCUT2D eigenvalue weighted by molar-refractivity contribution is 6.00. The highest BCUT2D eigenvalue weighted by Gasteiger charge is 2.73. The molecule has 30 heavy (non-hydrogen) atoms. The summed E-state index contributed by atoms with van der Waals surface area (Å²) < 4.78 is 54.1. The molecule has 0 radical (unpaired) electrons. The summed E-state index contributed by atoms with van der Waals surface area (Å²) in [6, 6.07) is 1.75. The lowest BCUT2D eigenvalue weighted by Crippen LogP contribution is -2.47. The Balaban J connectivity index is 0.00000181. The molecule has 1 aliphatic carbocycles. The molecule has 2 aromatic heterocycles. The Hall–Kier alpha value is -2.65. The molecule has 1 aliphatic heterocycles. The van der Waals surface area contributed by atoms with Crippen LogP contribution in [0.1, 0.15) is 52.1 Å². The Morgan fingerprint density at radius 1 is 1.40 bits per heavy atom. The van der Waals surface area contributed by atoms with Gasteiger partial charge in [0.25, 0.3) is 17.8 Å². The molecule has 1 saturated heterocycles. The number of carbonyl (C=O) groups excluding carboxylic acids is 2. The molecule has 2 aromatic rings. The van der Waals surface area contributed by atoms with Crippen molar-refractivity contribution in [3.63, 3.8) is 0 Å². The van der Waals surface area contributed by atoms with Crippen LogP contribution in [0.25, 0.3) is 10.9 Å². The summed E-state index contributed by atoms with van der Waals surface area (Å²) in [6.45, 7) is 2.69. The Morgan fingerprint density at radius 2 is 2.10 bits per heavy atom. The fourth-order valence-corrected chi connectivity index (χ4v) is 4.07. The third kappa shape index (κ3) is 3.41. The van der Waals surface area contributed by atoms with Crippen LogP contribution in [0.15, 0.2) is 18.3 Å². The molecule has 2 atom stereocenters. The van der Waals surface area contributed by atoms with Crippen LogP contribution in [0.5, 0.6) is 0 Å². The van der Waals surface area contributed by atoms with Crippen LogP contribution in [0.2, 0.25) is 0 Å². The average Bonchev–Trinajstić information content (AvgIpc) is 3.04. The topological polar surface area (TPSA) is 78.1 Å². The number of hydrogen-bond donors (Lipinski definition) is 2. The first kappa shape index (κ1) is 20.6. The van der Waals surface area contributed by atoms with Crippen molar-refractivity contribution < 1.29 is 30.0 Å². The predicted octanol–water partition coefficient (Wildman–Crippen LogP) is 3.93. The first-order chi connectivity index (χ1) is 14.0. The predicted molar refractivity (Wildman–Crippen MR) is 105 cm³/mol. The van der Waals surface area contributed by atoms with Crippen LogP contribution in [-0.4, -0.2) is 51.7 Å². The van der Waals surface area contributed by atoms with Gasteiger partial charge in [-0.05, 0) is 25.0 Å². The number of H-pyrrole nitrogens is 1. The standard InChI is InChI=1S/C20H22F4N4O2.2H2/c1-3-12(17(30)28-5-4-19(10-28)9-20(19,23)24)27-16(29)13-6-11-7-15(18(2,21)22)25-8-14(11)26-13;;/h6-8,12,26H,3-5,9-10H2,1-2H3,(H,27,29);2*1H/t12-,19-;;/m0../s1. The van der Waals surface area contributed by atoms with Gasteiger partial charge in [-0.25, -0.2) is 8.78 Å². The number of aromatic nitrogens is 2. The maximum Gasteiger partial charge on any atom is 0.286 e. The molecule has 0 aromatic carbocycles. The molecule has 3 heterocycles. The molecular formula is C20H26F4N4O2. The zero-order chi connectivity index (χ0) is 21.9. The molecule has 2 N–H and O–H groups in total. The molecule has 0 unspecified atom stereocenters. The van der Waals surface area contributed by atoms with Crippen molar-refractivity contribution in [2.45, 2.75) is 51.0 Å². The highest BCUT2D eigenvalue weighted by atomic mass is 19.3. The number of carbonyl (C=O) groups is 2. The van der Waals surface area contributed by atoms with E-state index >= 15 is 0 Å². The number of rotatable bonds is 5. The zero-order valence-electron chi connectivity index (χ0n) is 16.6. The fraction of sp³-hybridized carbons (Fsp3) is 0.550. The molecule has 2 fully saturated rings. The quantitative estimate of drug-likeness (QED) is 0.706. The van der Waals surface area contributed by atoms with Crippen molar-refractivity contribution in [2.24, 2.45) is 5.41 Å². The van der Waals surface area contributed by atoms with E-state index < -0.39 is 40.8 Å². The first-order valence-electron chi connectivity index (χ1n) is 9.80. The monoisotopic (exact) mass is 430 g/mol. The van der Waals surface area contributed by atoms with E-state index in [2.05, 4.69) is 15.3 Å². The average molecular weight is 430 g/mol. The van der Waals surface area contributed by atoms with Gasteiger partial charge in [-0.1, -0.05) is 6.92 Å². The molecule has 4 rings (SSSR count). The number of pyridine rings is 1. The number of alkyl halides is 4. The van der Waals surface area contributed by atoms with Gasteiger partial charge in [0, 0.05) is 34.7 Å². The molecular weight excluding hydrogens is 404 g/mol. The van der Waals surface area contributed by atoms with Gasteiger partial charge < -0.3 is 15.2 Å². The minimum absolute atomic E-state index is 0. The van der Waals surface area contributed by atoms with Gasteiger partial charge >= 0.3 is 0 Å². The van der Waals surface area contributed by atoms with E-state index in [0.717, 1.165) is 6.92 Å². The van der Waals surface area contributed by atoms with Crippen LogP contribution in [0, 0.1) is 5.41 Å². The van der Waals surface area contributed by atoms with Gasteiger partial charge in [0.2, 0.25) is 5.91 Å². The molecule has 0 bridgehead atoms. The Labute approximate surface area is 173 Å². The third-order valence-corrected chi connectivity index (χ3v) is 6.09. The lowest BCUT2D eigenvalue weighted by Gasteiger charge is -2.23. The van der Waals surface area contributed by atoms with Crippen LogP contribution >= 0.6 is 0 Å². The minimum atomic E-state index is -3.11. The van der Waals surface area contributed by atoms with Crippen molar-refractivity contribution in [3.05, 3.63) is 29.7 Å². The van der Waals surface area contributed by atoms with Crippen molar-refractivity contribution in [2.75, 3.05) is 13.1 Å². The van der Waals surface area contributed by atoms with E-state index in [4.69, 9.17) is 0 Å². The van der Waals surface area contributed by atoms with Gasteiger partial charge in [-0.2, -0.15) is 8.78 Å². The number of amides is 2. The summed E-state index contributed by atoms with van der Waals surface area (Å²) in [5.74, 6) is -6.81. The first-order valence-corrected chi connectivity index (χ1v) is 9.80. The summed E-state index contributed by atoms with van der Waals surface area (Å²) in [5.41, 5.74) is -1.01. The molecule has 1 spiro atoms. The smallest absolute Gasteiger partial charge is 0.286 e. The maximum absolute atomic E-state index is 13.6. The third-order valence-electron chi connectivity index (χ3n) is 6.09. The van der Waals surface area contributed by atoms with Crippen LogP contribution in [-0.2, 0) is 10.7 Å². The summed E-state index contributed by atoms with van der Waals surface area (Å²) in [6.07, 6.45) is 1.57.